The van der Waals surface area contributed by atoms with Crippen molar-refractivity contribution in [1.82, 2.24) is 5.32 Å². The minimum atomic E-state index is -1.34. The summed E-state index contributed by atoms with van der Waals surface area (Å²) in [5, 5.41) is 24.0. The van der Waals surface area contributed by atoms with Crippen LogP contribution < -0.4 is 5.32 Å². The van der Waals surface area contributed by atoms with Gasteiger partial charge < -0.3 is 5.11 Å². The summed E-state index contributed by atoms with van der Waals surface area (Å²) in [5.74, 6) is -2.85. The maximum Gasteiger partial charge on any atom is 0.321 e. The first-order valence-electron chi connectivity index (χ1n) is 9.61. The van der Waals surface area contributed by atoms with Crippen LogP contribution in [0.1, 0.15) is 44.2 Å². The van der Waals surface area contributed by atoms with Crippen LogP contribution >= 0.6 is 23.2 Å². The van der Waals surface area contributed by atoms with Crippen LogP contribution in [0.3, 0.4) is 0 Å². The summed E-state index contributed by atoms with van der Waals surface area (Å²) in [6.45, 7) is 6.05. The summed E-state index contributed by atoms with van der Waals surface area (Å²) < 4.78 is 15.1. The Hall–Kier alpha value is -2.13. The van der Waals surface area contributed by atoms with E-state index in [1.165, 1.54) is 12.1 Å². The molecular weight excluding hydrogens is 426 g/mol. The minimum absolute atomic E-state index is 0.107. The van der Waals surface area contributed by atoms with E-state index in [1.807, 2.05) is 20.8 Å². The van der Waals surface area contributed by atoms with Crippen molar-refractivity contribution in [2.45, 2.75) is 50.6 Å². The number of aliphatic carboxylic acids is 1. The van der Waals surface area contributed by atoms with E-state index in [0.29, 0.717) is 17.0 Å². The molecule has 0 radical (unpaired) electrons. The number of benzene rings is 2. The molecule has 0 bridgehead atoms. The molecule has 2 aromatic carbocycles. The third-order valence-corrected chi connectivity index (χ3v) is 6.20. The molecule has 1 fully saturated rings. The summed E-state index contributed by atoms with van der Waals surface area (Å²) in [7, 11) is 0. The fraction of sp³-hybridized carbons (Fsp3) is 0.391. The molecule has 1 saturated heterocycles. The van der Waals surface area contributed by atoms with Crippen LogP contribution in [0.25, 0.3) is 0 Å². The lowest BCUT2D eigenvalue weighted by atomic mass is 9.63. The first-order valence-corrected chi connectivity index (χ1v) is 10.4. The number of hydrogen-bond acceptors (Lipinski definition) is 3. The van der Waals surface area contributed by atoms with Gasteiger partial charge in [0.25, 0.3) is 0 Å². The second-order valence-corrected chi connectivity index (χ2v) is 9.75. The molecule has 0 unspecified atom stereocenters. The van der Waals surface area contributed by atoms with Gasteiger partial charge in [-0.05, 0) is 41.2 Å². The first kappa shape index (κ1) is 22.6. The second kappa shape index (κ2) is 8.19. The number of nitrogens with zero attached hydrogens (tertiary/aromatic N) is 1. The monoisotopic (exact) mass is 448 g/mol. The highest BCUT2D eigenvalue weighted by atomic mass is 35.5. The average Bonchev–Trinajstić information content (AvgIpc) is 2.98. The van der Waals surface area contributed by atoms with Crippen LogP contribution in [-0.4, -0.2) is 23.2 Å². The maximum absolute atomic E-state index is 15.1. The highest BCUT2D eigenvalue weighted by Crippen LogP contribution is 2.52. The molecule has 158 valence electrons. The third-order valence-electron chi connectivity index (χ3n) is 5.66. The van der Waals surface area contributed by atoms with Crippen molar-refractivity contribution in [3.63, 3.8) is 0 Å². The molecule has 1 aliphatic rings. The first-order chi connectivity index (χ1) is 14.0. The van der Waals surface area contributed by atoms with Crippen molar-refractivity contribution < 1.29 is 14.3 Å². The number of rotatable bonds is 4. The van der Waals surface area contributed by atoms with E-state index in [-0.39, 0.29) is 16.0 Å². The molecule has 0 aromatic heterocycles. The van der Waals surface area contributed by atoms with Crippen LogP contribution in [-0.2, 0) is 10.2 Å². The van der Waals surface area contributed by atoms with Crippen molar-refractivity contribution in [1.29, 1.82) is 5.26 Å². The lowest BCUT2D eigenvalue weighted by Crippen LogP contribution is -2.44. The Labute approximate surface area is 185 Å². The molecule has 0 spiro atoms. The zero-order valence-corrected chi connectivity index (χ0v) is 18.4. The van der Waals surface area contributed by atoms with Gasteiger partial charge in [-0.2, -0.15) is 5.26 Å². The predicted octanol–water partition coefficient (Wildman–Crippen LogP) is 5.54. The molecule has 7 heteroatoms. The summed E-state index contributed by atoms with van der Waals surface area (Å²) in [5.41, 5.74) is -0.858. The molecule has 0 amide bonds. The Morgan fingerprint density at radius 2 is 1.87 bits per heavy atom. The number of carboxylic acids is 1. The predicted molar refractivity (Wildman–Crippen MR) is 115 cm³/mol. The number of halogens is 3. The highest BCUT2D eigenvalue weighted by molar-refractivity contribution is 6.31. The van der Waals surface area contributed by atoms with Crippen LogP contribution in [0, 0.1) is 22.6 Å². The Morgan fingerprint density at radius 3 is 2.40 bits per heavy atom. The van der Waals surface area contributed by atoms with E-state index in [9.17, 15) is 15.2 Å². The van der Waals surface area contributed by atoms with Gasteiger partial charge in [-0.1, -0.05) is 68.2 Å². The van der Waals surface area contributed by atoms with E-state index in [1.54, 1.807) is 30.3 Å². The zero-order valence-electron chi connectivity index (χ0n) is 16.9. The van der Waals surface area contributed by atoms with Gasteiger partial charge in [0, 0.05) is 17.0 Å². The van der Waals surface area contributed by atoms with E-state index in [4.69, 9.17) is 23.2 Å². The van der Waals surface area contributed by atoms with E-state index < -0.39 is 35.2 Å². The zero-order chi connectivity index (χ0) is 22.3. The number of carbonyl (C=O) groups is 1. The molecule has 0 aliphatic carbocycles. The number of nitriles is 1. The molecule has 2 N–H and O–H groups in total. The van der Waals surface area contributed by atoms with Crippen molar-refractivity contribution >= 4 is 29.2 Å². The van der Waals surface area contributed by atoms with Gasteiger partial charge in [0.15, 0.2) is 0 Å². The number of carboxylic acid groups (broad SMARTS) is 1. The molecule has 4 nitrogen and oxygen atoms in total. The quantitative estimate of drug-likeness (QED) is 0.643. The van der Waals surface area contributed by atoms with Crippen molar-refractivity contribution in [2.75, 3.05) is 0 Å². The molecular formula is C23H23Cl2FN2O2. The van der Waals surface area contributed by atoms with Gasteiger partial charge >= 0.3 is 5.97 Å². The topological polar surface area (TPSA) is 73.1 Å². The lowest BCUT2D eigenvalue weighted by Gasteiger charge is -2.37. The van der Waals surface area contributed by atoms with Crippen LogP contribution in [0.5, 0.6) is 0 Å². The van der Waals surface area contributed by atoms with E-state index in [2.05, 4.69) is 11.4 Å². The second-order valence-electron chi connectivity index (χ2n) is 8.91. The van der Waals surface area contributed by atoms with Gasteiger partial charge in [0.2, 0.25) is 0 Å². The van der Waals surface area contributed by atoms with Gasteiger partial charge in [-0.3, -0.25) is 10.1 Å². The molecule has 4 atom stereocenters. The smallest absolute Gasteiger partial charge is 0.321 e. The third kappa shape index (κ3) is 3.92. The molecule has 3 rings (SSSR count). The van der Waals surface area contributed by atoms with Crippen molar-refractivity contribution in [2.24, 2.45) is 5.41 Å². The molecule has 1 aliphatic heterocycles. The molecule has 0 saturated carbocycles. The average molecular weight is 449 g/mol. The number of hydrogen-bond donors (Lipinski definition) is 2. The summed E-state index contributed by atoms with van der Waals surface area (Å²) in [4.78, 5) is 12.2. The minimum Gasteiger partial charge on any atom is -0.480 e. The fourth-order valence-corrected chi connectivity index (χ4v) is 4.78. The number of nitrogens with one attached hydrogen (secondary N) is 1. The van der Waals surface area contributed by atoms with E-state index >= 15 is 4.39 Å². The molecule has 1 heterocycles. The van der Waals surface area contributed by atoms with Gasteiger partial charge in [-0.15, -0.1) is 0 Å². The van der Waals surface area contributed by atoms with Gasteiger partial charge in [0.1, 0.15) is 17.3 Å². The van der Waals surface area contributed by atoms with Gasteiger partial charge in [0.05, 0.1) is 11.1 Å². The lowest BCUT2D eigenvalue weighted by molar-refractivity contribution is -0.139. The summed E-state index contributed by atoms with van der Waals surface area (Å²) in [6.07, 6.45) is 0.506. The summed E-state index contributed by atoms with van der Waals surface area (Å²) >= 11 is 12.1. The van der Waals surface area contributed by atoms with Crippen molar-refractivity contribution in [3.8, 4) is 6.07 Å². The summed E-state index contributed by atoms with van der Waals surface area (Å²) in [6, 6.07) is 11.9. The Balaban J connectivity index is 2.33. The molecule has 30 heavy (non-hydrogen) atoms. The highest BCUT2D eigenvalue weighted by Gasteiger charge is 2.60. The van der Waals surface area contributed by atoms with Crippen LogP contribution in [0.15, 0.2) is 42.5 Å². The Morgan fingerprint density at radius 1 is 1.23 bits per heavy atom. The largest absolute Gasteiger partial charge is 0.480 e. The normalized spacial score (nSPS) is 26.4. The SMILES string of the molecule is CC(C)(C)C[C@@H]1N[C@@H](C(=O)O)[C@H](c2cccc(Cl)c2F)[C@@]1(C#N)c1ccc(Cl)cc1. The maximum atomic E-state index is 15.1. The van der Waals surface area contributed by atoms with Crippen LogP contribution in [0.2, 0.25) is 10.0 Å². The van der Waals surface area contributed by atoms with Crippen molar-refractivity contribution in [3.05, 3.63) is 69.5 Å². The van der Waals surface area contributed by atoms with Crippen LogP contribution in [0.4, 0.5) is 4.39 Å². The van der Waals surface area contributed by atoms with Gasteiger partial charge in [-0.25, -0.2) is 4.39 Å². The van der Waals surface area contributed by atoms with E-state index in [0.717, 1.165) is 0 Å². The Kier molecular flexibility index (Phi) is 6.15. The Bertz CT molecular complexity index is 998. The standard InChI is InChI=1S/C23H23Cl2FN2O2/c1-22(2,3)11-17-23(12-27,13-7-9-14(24)10-8-13)18(20(28-17)21(29)30)15-5-4-6-16(25)19(15)26/h4-10,17-18,20,28H,11H2,1-3H3,(H,29,30)/t17-,18-,20+,23-/m0/s1. The molecule has 2 aromatic rings. The fourth-order valence-electron chi connectivity index (χ4n) is 4.47.